The van der Waals surface area contributed by atoms with E-state index >= 15 is 0 Å². The molecule has 4 rings (SSSR count). The quantitative estimate of drug-likeness (QED) is 0.671. The van der Waals surface area contributed by atoms with E-state index < -0.39 is 0 Å². The van der Waals surface area contributed by atoms with E-state index in [1.807, 2.05) is 0 Å². The van der Waals surface area contributed by atoms with Crippen LogP contribution in [-0.4, -0.2) is 35.5 Å². The first-order valence-electron chi connectivity index (χ1n) is 12.1. The molecule has 166 valence electrons. The average molecular weight is 407 g/mol. The van der Waals surface area contributed by atoms with Crippen LogP contribution >= 0.6 is 0 Å². The van der Waals surface area contributed by atoms with Crippen molar-refractivity contribution in [3.05, 3.63) is 0 Å². The van der Waals surface area contributed by atoms with Crippen LogP contribution in [-0.2, 0) is 9.53 Å². The Kier molecular flexibility index (Phi) is 5.83. The lowest BCUT2D eigenvalue weighted by atomic mass is 9.43. The van der Waals surface area contributed by atoms with Gasteiger partial charge >= 0.3 is 5.97 Å². The van der Waals surface area contributed by atoms with Crippen molar-refractivity contribution in [1.82, 2.24) is 0 Å². The Morgan fingerprint density at radius 3 is 2.45 bits per heavy atom. The van der Waals surface area contributed by atoms with Gasteiger partial charge in [0.15, 0.2) is 0 Å². The van der Waals surface area contributed by atoms with E-state index in [0.717, 1.165) is 32.1 Å². The third kappa shape index (κ3) is 3.46. The Labute approximate surface area is 176 Å². The molecule has 0 heterocycles. The van der Waals surface area contributed by atoms with Gasteiger partial charge in [-0.2, -0.15) is 0 Å². The van der Waals surface area contributed by atoms with Crippen molar-refractivity contribution in [2.45, 2.75) is 97.2 Å². The first kappa shape index (κ1) is 21.6. The normalized spacial score (nSPS) is 50.2. The molecule has 4 nitrogen and oxygen atoms in total. The van der Waals surface area contributed by atoms with Crippen LogP contribution in [0, 0.1) is 46.3 Å². The molecule has 0 aliphatic heterocycles. The number of ether oxygens (including phenoxy) is 1. The molecule has 0 aromatic carbocycles. The predicted molar refractivity (Wildman–Crippen MR) is 113 cm³/mol. The maximum atomic E-state index is 11.6. The molecule has 0 aromatic heterocycles. The number of esters is 1. The zero-order valence-electron chi connectivity index (χ0n) is 18.9. The lowest BCUT2D eigenvalue weighted by Crippen LogP contribution is -2.58. The Bertz CT molecular complexity index is 620. The zero-order valence-corrected chi connectivity index (χ0v) is 18.9. The van der Waals surface area contributed by atoms with Crippen LogP contribution in [0.25, 0.3) is 0 Å². The molecule has 0 radical (unpaired) electrons. The van der Waals surface area contributed by atoms with Crippen LogP contribution in [0.1, 0.15) is 85.0 Å². The molecule has 4 heteroatoms. The molecule has 0 amide bonds. The average Bonchev–Trinajstić information content (AvgIpc) is 3.04. The van der Waals surface area contributed by atoms with E-state index in [4.69, 9.17) is 4.74 Å². The highest BCUT2D eigenvalue weighted by molar-refractivity contribution is 5.69. The van der Waals surface area contributed by atoms with Gasteiger partial charge in [-0.05, 0) is 104 Å². The number of fused-ring (bicyclic) bond motifs is 5. The molecule has 10 atom stereocenters. The van der Waals surface area contributed by atoms with Gasteiger partial charge in [-0.3, -0.25) is 4.79 Å². The summed E-state index contributed by atoms with van der Waals surface area (Å²) in [5.41, 5.74) is 0.577. The molecular formula is C25H42O4. The molecular weight excluding hydrogens is 364 g/mol. The molecule has 0 saturated heterocycles. The fourth-order valence-electron chi connectivity index (χ4n) is 8.82. The maximum Gasteiger partial charge on any atom is 0.305 e. The summed E-state index contributed by atoms with van der Waals surface area (Å²) in [5, 5.41) is 21.5. The van der Waals surface area contributed by atoms with Crippen LogP contribution in [0.3, 0.4) is 0 Å². The van der Waals surface area contributed by atoms with Crippen molar-refractivity contribution in [2.24, 2.45) is 46.3 Å². The predicted octanol–water partition coefficient (Wildman–Crippen LogP) is 4.57. The zero-order chi connectivity index (χ0) is 21.0. The number of aliphatic hydroxyl groups excluding tert-OH is 2. The first-order chi connectivity index (χ1) is 13.7. The Hall–Kier alpha value is -0.610. The summed E-state index contributed by atoms with van der Waals surface area (Å²) in [6.45, 7) is 7.29. The number of carbonyl (C=O) groups excluding carboxylic acids is 1. The molecule has 2 N–H and O–H groups in total. The number of methoxy groups -OCH3 is 1. The van der Waals surface area contributed by atoms with Crippen LogP contribution < -0.4 is 0 Å². The molecule has 29 heavy (non-hydrogen) atoms. The highest BCUT2D eigenvalue weighted by Gasteiger charge is 2.62. The Morgan fingerprint density at radius 1 is 1.03 bits per heavy atom. The smallest absolute Gasteiger partial charge is 0.305 e. The van der Waals surface area contributed by atoms with Crippen molar-refractivity contribution in [1.29, 1.82) is 0 Å². The van der Waals surface area contributed by atoms with E-state index in [1.165, 1.54) is 32.8 Å². The number of hydrogen-bond donors (Lipinski definition) is 2. The molecule has 0 bridgehead atoms. The SMILES string of the molecule is COC(=O)CC[C@@H](C)[C@H]1CC[C@@H]2C3C(O)CC4C[C@@H](O)CC[C@]4(C)[C@@H]3CC[C@@]21C. The van der Waals surface area contributed by atoms with Crippen molar-refractivity contribution >= 4 is 5.97 Å². The van der Waals surface area contributed by atoms with Crippen molar-refractivity contribution in [3.8, 4) is 0 Å². The van der Waals surface area contributed by atoms with Gasteiger partial charge in [0.05, 0.1) is 19.3 Å². The first-order valence-corrected chi connectivity index (χ1v) is 12.1. The van der Waals surface area contributed by atoms with E-state index in [2.05, 4.69) is 20.8 Å². The van der Waals surface area contributed by atoms with Crippen LogP contribution in [0.5, 0.6) is 0 Å². The third-order valence-electron chi connectivity index (χ3n) is 10.4. The lowest BCUT2D eigenvalue weighted by Gasteiger charge is -2.62. The molecule has 0 spiro atoms. The highest BCUT2D eigenvalue weighted by atomic mass is 16.5. The minimum atomic E-state index is -0.211. The fraction of sp³-hybridized carbons (Fsp3) is 0.960. The van der Waals surface area contributed by atoms with Crippen LogP contribution in [0.15, 0.2) is 0 Å². The topological polar surface area (TPSA) is 66.8 Å². The van der Waals surface area contributed by atoms with Gasteiger partial charge in [0.2, 0.25) is 0 Å². The molecule has 0 aromatic rings. The number of rotatable bonds is 4. The van der Waals surface area contributed by atoms with Crippen molar-refractivity contribution in [3.63, 3.8) is 0 Å². The molecule has 4 aliphatic carbocycles. The molecule has 4 fully saturated rings. The summed E-state index contributed by atoms with van der Waals surface area (Å²) in [6.07, 6.45) is 9.80. The summed E-state index contributed by atoms with van der Waals surface area (Å²) in [5.74, 6) is 3.17. The van der Waals surface area contributed by atoms with Gasteiger partial charge in [0, 0.05) is 6.42 Å². The summed E-state index contributed by atoms with van der Waals surface area (Å²) < 4.78 is 4.86. The van der Waals surface area contributed by atoms with Crippen LogP contribution in [0.4, 0.5) is 0 Å². The van der Waals surface area contributed by atoms with E-state index in [1.54, 1.807) is 0 Å². The number of hydrogen-bond acceptors (Lipinski definition) is 4. The van der Waals surface area contributed by atoms with Gasteiger partial charge < -0.3 is 14.9 Å². The maximum absolute atomic E-state index is 11.6. The van der Waals surface area contributed by atoms with Gasteiger partial charge in [-0.1, -0.05) is 20.8 Å². The number of aliphatic hydroxyl groups is 2. The monoisotopic (exact) mass is 406 g/mol. The highest BCUT2D eigenvalue weighted by Crippen LogP contribution is 2.68. The molecule has 4 aliphatic rings. The van der Waals surface area contributed by atoms with Gasteiger partial charge in [-0.15, -0.1) is 0 Å². The molecule has 3 unspecified atom stereocenters. The largest absolute Gasteiger partial charge is 0.469 e. The number of carbonyl (C=O) groups is 1. The second kappa shape index (κ2) is 7.82. The third-order valence-corrected chi connectivity index (χ3v) is 10.4. The summed E-state index contributed by atoms with van der Waals surface area (Å²) in [4.78, 5) is 11.6. The van der Waals surface area contributed by atoms with Gasteiger partial charge in [0.1, 0.15) is 0 Å². The van der Waals surface area contributed by atoms with Gasteiger partial charge in [-0.25, -0.2) is 0 Å². The summed E-state index contributed by atoms with van der Waals surface area (Å²) >= 11 is 0. The second-order valence-electron chi connectivity index (χ2n) is 11.5. The Morgan fingerprint density at radius 2 is 1.72 bits per heavy atom. The van der Waals surface area contributed by atoms with Gasteiger partial charge in [0.25, 0.3) is 0 Å². The summed E-state index contributed by atoms with van der Waals surface area (Å²) in [6, 6.07) is 0. The van der Waals surface area contributed by atoms with E-state index in [9.17, 15) is 15.0 Å². The second-order valence-corrected chi connectivity index (χ2v) is 11.5. The fourth-order valence-corrected chi connectivity index (χ4v) is 8.82. The summed E-state index contributed by atoms with van der Waals surface area (Å²) in [7, 11) is 1.48. The minimum absolute atomic E-state index is 0.0959. The molecule has 4 saturated carbocycles. The van der Waals surface area contributed by atoms with Crippen molar-refractivity contribution < 1.29 is 19.7 Å². The standard InChI is InChI=1S/C25H42O4/c1-15(5-8-22(28)29-4)18-6-7-19-23-20(10-12-25(18,19)3)24(2)11-9-17(26)13-16(24)14-21(23)27/h15-21,23,26-27H,5-14H2,1-4H3/t15-,16?,17+,18-,19-,20-,21?,23?,24+,25-/m1/s1. The minimum Gasteiger partial charge on any atom is -0.469 e. The van der Waals surface area contributed by atoms with Crippen LogP contribution in [0.2, 0.25) is 0 Å². The van der Waals surface area contributed by atoms with E-state index in [-0.39, 0.29) is 23.6 Å². The van der Waals surface area contributed by atoms with Crippen molar-refractivity contribution in [2.75, 3.05) is 7.11 Å². The van der Waals surface area contributed by atoms with E-state index in [0.29, 0.717) is 47.3 Å². The lowest BCUT2D eigenvalue weighted by molar-refractivity contribution is -0.174. The Balaban J connectivity index is 1.53.